The van der Waals surface area contributed by atoms with Gasteiger partial charge in [-0.3, -0.25) is 0 Å². The van der Waals surface area contributed by atoms with Gasteiger partial charge in [0.05, 0.1) is 5.88 Å². The lowest BCUT2D eigenvalue weighted by Gasteiger charge is -2.01. The van der Waals surface area contributed by atoms with Crippen LogP contribution in [0.25, 0.3) is 0 Å². The highest BCUT2D eigenvalue weighted by Crippen LogP contribution is 2.20. The molecule has 2 N–H and O–H groups in total. The quantitative estimate of drug-likeness (QED) is 0.473. The number of hydrogen-bond donors (Lipinski definition) is 1. The molecule has 1 heterocycles. The molecular formula is C4H8N2S. The third kappa shape index (κ3) is 1.11. The maximum atomic E-state index is 5.36. The second kappa shape index (κ2) is 1.76. The predicted octanol–water partition coefficient (Wildman–Crippen LogP) is 0.728. The van der Waals surface area contributed by atoms with Crippen LogP contribution >= 0.6 is 11.8 Å². The lowest BCUT2D eigenvalue weighted by molar-refractivity contribution is 0.473. The summed E-state index contributed by atoms with van der Waals surface area (Å²) in [5.41, 5.74) is 0. The standard InChI is InChI=1S/C4H8N2S/c1-4-2-6(5)3-7-4/h2H,3,5H2,1H3. The second-order valence-electron chi connectivity index (χ2n) is 1.53. The molecule has 0 aliphatic carbocycles. The van der Waals surface area contributed by atoms with Gasteiger partial charge in [-0.25, -0.2) is 5.84 Å². The zero-order valence-corrected chi connectivity index (χ0v) is 5.03. The fourth-order valence-electron chi connectivity index (χ4n) is 0.484. The minimum absolute atomic E-state index is 0.909. The fourth-order valence-corrected chi connectivity index (χ4v) is 1.12. The first kappa shape index (κ1) is 5.00. The second-order valence-corrected chi connectivity index (χ2v) is 2.72. The first-order valence-electron chi connectivity index (χ1n) is 2.11. The number of nitrogens with two attached hydrogens (primary N) is 1. The molecular weight excluding hydrogens is 108 g/mol. The fraction of sp³-hybridized carbons (Fsp3) is 0.500. The van der Waals surface area contributed by atoms with Crippen molar-refractivity contribution in [2.24, 2.45) is 5.84 Å². The minimum atomic E-state index is 0.909. The van der Waals surface area contributed by atoms with E-state index in [1.165, 1.54) is 4.91 Å². The van der Waals surface area contributed by atoms with Gasteiger partial charge in [-0.05, 0) is 6.92 Å². The van der Waals surface area contributed by atoms with Gasteiger partial charge >= 0.3 is 0 Å². The van der Waals surface area contributed by atoms with E-state index >= 15 is 0 Å². The van der Waals surface area contributed by atoms with Crippen molar-refractivity contribution in [2.45, 2.75) is 6.92 Å². The van der Waals surface area contributed by atoms with Crippen molar-refractivity contribution in [3.05, 3.63) is 11.1 Å². The normalized spacial score (nSPS) is 20.3. The zero-order chi connectivity index (χ0) is 5.28. The topological polar surface area (TPSA) is 29.3 Å². The Labute approximate surface area is 47.3 Å². The van der Waals surface area contributed by atoms with E-state index in [0.717, 1.165) is 5.88 Å². The molecule has 3 heteroatoms. The van der Waals surface area contributed by atoms with Gasteiger partial charge in [0.2, 0.25) is 0 Å². The van der Waals surface area contributed by atoms with Gasteiger partial charge in [-0.15, -0.1) is 11.8 Å². The van der Waals surface area contributed by atoms with Crippen LogP contribution in [0.2, 0.25) is 0 Å². The van der Waals surface area contributed by atoms with Crippen LogP contribution in [0.15, 0.2) is 11.1 Å². The van der Waals surface area contributed by atoms with Crippen LogP contribution in [-0.4, -0.2) is 10.9 Å². The summed E-state index contributed by atoms with van der Waals surface area (Å²) < 4.78 is 0. The number of allylic oxidation sites excluding steroid dienone is 1. The van der Waals surface area contributed by atoms with E-state index in [-0.39, 0.29) is 0 Å². The molecule has 0 aromatic heterocycles. The number of rotatable bonds is 0. The molecule has 0 unspecified atom stereocenters. The zero-order valence-electron chi connectivity index (χ0n) is 4.22. The summed E-state index contributed by atoms with van der Waals surface area (Å²) in [5.74, 6) is 6.27. The van der Waals surface area contributed by atoms with E-state index in [1.54, 1.807) is 16.8 Å². The van der Waals surface area contributed by atoms with E-state index in [4.69, 9.17) is 5.84 Å². The molecule has 40 valence electrons. The summed E-state index contributed by atoms with van der Waals surface area (Å²) >= 11 is 1.77. The van der Waals surface area contributed by atoms with Gasteiger partial charge in [-0.2, -0.15) is 0 Å². The molecule has 1 aliphatic heterocycles. The maximum Gasteiger partial charge on any atom is 0.0833 e. The molecule has 0 fully saturated rings. The maximum absolute atomic E-state index is 5.36. The molecule has 0 amide bonds. The largest absolute Gasteiger partial charge is 0.307 e. The van der Waals surface area contributed by atoms with E-state index in [0.29, 0.717) is 0 Å². The van der Waals surface area contributed by atoms with Crippen molar-refractivity contribution >= 4 is 11.8 Å². The van der Waals surface area contributed by atoms with Crippen LogP contribution < -0.4 is 5.84 Å². The van der Waals surface area contributed by atoms with Crippen LogP contribution in [0.5, 0.6) is 0 Å². The van der Waals surface area contributed by atoms with Crippen LogP contribution in [0.4, 0.5) is 0 Å². The highest BCUT2D eigenvalue weighted by atomic mass is 32.2. The van der Waals surface area contributed by atoms with Crippen molar-refractivity contribution in [3.63, 3.8) is 0 Å². The third-order valence-corrected chi connectivity index (χ3v) is 1.78. The monoisotopic (exact) mass is 116 g/mol. The predicted molar refractivity (Wildman–Crippen MR) is 32.2 cm³/mol. The first-order valence-corrected chi connectivity index (χ1v) is 3.10. The number of hydrazine groups is 1. The lowest BCUT2D eigenvalue weighted by Crippen LogP contribution is -2.20. The van der Waals surface area contributed by atoms with E-state index in [1.807, 2.05) is 6.20 Å². The summed E-state index contributed by atoms with van der Waals surface area (Å²) in [6.45, 7) is 2.05. The summed E-state index contributed by atoms with van der Waals surface area (Å²) in [4.78, 5) is 1.29. The molecule has 0 saturated carbocycles. The Kier molecular flexibility index (Phi) is 1.25. The molecule has 2 nitrogen and oxygen atoms in total. The molecule has 0 spiro atoms. The summed E-state index contributed by atoms with van der Waals surface area (Å²) in [5, 5.41) is 1.68. The van der Waals surface area contributed by atoms with Gasteiger partial charge in [-0.1, -0.05) is 0 Å². The van der Waals surface area contributed by atoms with Crippen LogP contribution in [0.3, 0.4) is 0 Å². The molecule has 0 bridgehead atoms. The average molecular weight is 116 g/mol. The Balaban J connectivity index is 2.50. The molecule has 0 aromatic carbocycles. The number of thioether (sulfide) groups is 1. The molecule has 0 atom stereocenters. The molecule has 7 heavy (non-hydrogen) atoms. The van der Waals surface area contributed by atoms with E-state index < -0.39 is 0 Å². The minimum Gasteiger partial charge on any atom is -0.307 e. The average Bonchev–Trinajstić information content (AvgIpc) is 1.87. The van der Waals surface area contributed by atoms with E-state index in [9.17, 15) is 0 Å². The SMILES string of the molecule is CC1=CN(N)CS1. The summed E-state index contributed by atoms with van der Waals surface area (Å²) in [7, 11) is 0. The molecule has 0 aromatic rings. The van der Waals surface area contributed by atoms with Crippen molar-refractivity contribution in [1.29, 1.82) is 0 Å². The van der Waals surface area contributed by atoms with Gasteiger partial charge in [0.25, 0.3) is 0 Å². The first-order chi connectivity index (χ1) is 3.29. The lowest BCUT2D eigenvalue weighted by atomic mass is 10.7. The van der Waals surface area contributed by atoms with Gasteiger partial charge in [0.1, 0.15) is 0 Å². The molecule has 1 aliphatic rings. The Morgan fingerprint density at radius 3 is 2.86 bits per heavy atom. The van der Waals surface area contributed by atoms with Crippen LogP contribution in [0.1, 0.15) is 6.92 Å². The summed E-state index contributed by atoms with van der Waals surface area (Å²) in [6.07, 6.45) is 1.94. The molecule has 1 rings (SSSR count). The van der Waals surface area contributed by atoms with E-state index in [2.05, 4.69) is 6.92 Å². The molecule has 0 saturated heterocycles. The Morgan fingerprint density at radius 1 is 2.00 bits per heavy atom. The van der Waals surface area contributed by atoms with Crippen molar-refractivity contribution < 1.29 is 0 Å². The van der Waals surface area contributed by atoms with Gasteiger partial charge in [0, 0.05) is 11.1 Å². The highest BCUT2D eigenvalue weighted by Gasteiger charge is 2.02. The van der Waals surface area contributed by atoms with Crippen molar-refractivity contribution in [1.82, 2.24) is 5.01 Å². The van der Waals surface area contributed by atoms with Crippen molar-refractivity contribution in [2.75, 3.05) is 5.88 Å². The Bertz CT molecular complexity index is 99.9. The van der Waals surface area contributed by atoms with Crippen molar-refractivity contribution in [3.8, 4) is 0 Å². The summed E-state index contributed by atoms with van der Waals surface area (Å²) in [6, 6.07) is 0. The Morgan fingerprint density at radius 2 is 2.71 bits per heavy atom. The number of nitrogens with zero attached hydrogens (tertiary/aromatic N) is 1. The smallest absolute Gasteiger partial charge is 0.0833 e. The van der Waals surface area contributed by atoms with Crippen LogP contribution in [-0.2, 0) is 0 Å². The van der Waals surface area contributed by atoms with Gasteiger partial charge in [0.15, 0.2) is 0 Å². The third-order valence-electron chi connectivity index (χ3n) is 0.789. The highest BCUT2D eigenvalue weighted by molar-refractivity contribution is 8.03. The number of hydrogen-bond acceptors (Lipinski definition) is 3. The van der Waals surface area contributed by atoms with Gasteiger partial charge < -0.3 is 5.01 Å². The Hall–Kier alpha value is -0.150. The molecule has 0 radical (unpaired) electrons. The van der Waals surface area contributed by atoms with Crippen LogP contribution in [0, 0.1) is 0 Å².